The Labute approximate surface area is 288 Å². The van der Waals surface area contributed by atoms with Crippen LogP contribution in [-0.2, 0) is 29.4 Å². The molecule has 0 spiro atoms. The maximum absolute atomic E-state index is 12.9. The third-order valence-corrected chi connectivity index (χ3v) is 8.64. The molecule has 1 fully saturated rings. The number of aromatic nitrogens is 4. The number of hydrogen-bond donors (Lipinski definition) is 2. The van der Waals surface area contributed by atoms with Gasteiger partial charge in [0.2, 0.25) is 11.9 Å². The van der Waals surface area contributed by atoms with Crippen molar-refractivity contribution < 1.29 is 33.3 Å². The van der Waals surface area contributed by atoms with Crippen LogP contribution in [0.4, 0.5) is 5.95 Å². The number of carbonyl (C=O) groups is 2. The van der Waals surface area contributed by atoms with E-state index in [1.807, 2.05) is 78.9 Å². The summed E-state index contributed by atoms with van der Waals surface area (Å²) in [7, 11) is 3.22. The quantitative estimate of drug-likeness (QED) is 0.136. The fourth-order valence-electron chi connectivity index (χ4n) is 6.10. The molecule has 5 aromatic rings. The minimum atomic E-state index is -1.14. The first-order valence-electron chi connectivity index (χ1n) is 16.2. The average Bonchev–Trinajstić information content (AvgIpc) is 3.73. The number of ether oxygens (including phenoxy) is 5. The smallest absolute Gasteiger partial charge is 0.302 e. The highest BCUT2D eigenvalue weighted by Crippen LogP contribution is 2.43. The molecule has 3 atom stereocenters. The summed E-state index contributed by atoms with van der Waals surface area (Å²) in [6, 6.07) is 25.1. The lowest BCUT2D eigenvalue weighted by atomic mass is 9.80. The SMILES string of the molecule is COc1ccc(C(OC[C@H]2O[C@@H](n3cnc4c(=O)[nH]c(NC(=O)C(C)C)nc43)C[C@@H]2OC(C)=O)(c2ccccc2)c2ccc(OC)cc2)cc1. The van der Waals surface area contributed by atoms with Gasteiger partial charge in [-0.1, -0.05) is 68.4 Å². The summed E-state index contributed by atoms with van der Waals surface area (Å²) in [5.74, 6) is 0.252. The van der Waals surface area contributed by atoms with Crippen molar-refractivity contribution in [2.24, 2.45) is 5.92 Å². The fraction of sp³-hybridized carbons (Fsp3) is 0.324. The average molecular weight is 682 g/mol. The molecule has 0 radical (unpaired) electrons. The van der Waals surface area contributed by atoms with E-state index in [1.165, 1.54) is 13.3 Å². The third kappa shape index (κ3) is 6.82. The van der Waals surface area contributed by atoms with Crippen LogP contribution in [0.3, 0.4) is 0 Å². The van der Waals surface area contributed by atoms with Crippen molar-refractivity contribution >= 4 is 29.0 Å². The second-order valence-corrected chi connectivity index (χ2v) is 12.2. The van der Waals surface area contributed by atoms with Crippen LogP contribution in [0, 0.1) is 5.92 Å². The van der Waals surface area contributed by atoms with E-state index in [2.05, 4.69) is 20.3 Å². The molecule has 1 amide bonds. The molecule has 2 aromatic heterocycles. The lowest BCUT2D eigenvalue weighted by Gasteiger charge is -2.37. The Morgan fingerprint density at radius 1 is 0.960 bits per heavy atom. The van der Waals surface area contributed by atoms with E-state index in [-0.39, 0.29) is 42.0 Å². The van der Waals surface area contributed by atoms with Gasteiger partial charge < -0.3 is 23.7 Å². The van der Waals surface area contributed by atoms with Crippen molar-refractivity contribution in [1.82, 2.24) is 19.5 Å². The van der Waals surface area contributed by atoms with Gasteiger partial charge in [0.15, 0.2) is 11.2 Å². The van der Waals surface area contributed by atoms with Crippen molar-refractivity contribution in [2.45, 2.75) is 51.2 Å². The molecule has 1 aliphatic rings. The first-order chi connectivity index (χ1) is 24.1. The van der Waals surface area contributed by atoms with E-state index < -0.39 is 35.6 Å². The van der Waals surface area contributed by atoms with Crippen LogP contribution in [0.1, 0.15) is 50.1 Å². The number of rotatable bonds is 12. The predicted octanol–water partition coefficient (Wildman–Crippen LogP) is 4.96. The fourth-order valence-corrected chi connectivity index (χ4v) is 6.10. The number of esters is 1. The Bertz CT molecular complexity index is 1960. The van der Waals surface area contributed by atoms with E-state index in [0.29, 0.717) is 11.5 Å². The van der Waals surface area contributed by atoms with E-state index in [4.69, 9.17) is 23.7 Å². The monoisotopic (exact) mass is 681 g/mol. The summed E-state index contributed by atoms with van der Waals surface area (Å²) in [4.78, 5) is 48.9. The number of carbonyl (C=O) groups excluding carboxylic acids is 2. The normalized spacial score (nSPS) is 17.5. The second kappa shape index (κ2) is 14.5. The summed E-state index contributed by atoms with van der Waals surface area (Å²) < 4.78 is 31.9. The Kier molecular flexibility index (Phi) is 9.98. The number of imidazole rings is 1. The van der Waals surface area contributed by atoms with Crippen LogP contribution in [0.15, 0.2) is 90.0 Å². The summed E-state index contributed by atoms with van der Waals surface area (Å²) in [5.41, 5.74) is 1.13. The summed E-state index contributed by atoms with van der Waals surface area (Å²) in [5, 5.41) is 2.63. The van der Waals surface area contributed by atoms with E-state index in [0.717, 1.165) is 16.7 Å². The standard InChI is InChI=1S/C37H39N5O8/c1-22(2)34(44)40-36-39-33-32(35(45)41-36)38-21-42(33)31-19-29(49-23(3)43)30(50-31)20-48-37(24-9-7-6-8-10-24,25-11-15-27(46-4)16-12-25)26-13-17-28(47-5)18-14-26/h6-18,21-22,29-31H,19-20H2,1-5H3,(H2,39,40,41,44,45)/t29-,30+,31+/m0/s1. The molecular weight excluding hydrogens is 642 g/mol. The molecule has 13 nitrogen and oxygen atoms in total. The number of methoxy groups -OCH3 is 2. The van der Waals surface area contributed by atoms with Crippen LogP contribution in [0.2, 0.25) is 0 Å². The molecule has 2 N–H and O–H groups in total. The first-order valence-corrected chi connectivity index (χ1v) is 16.2. The number of anilines is 1. The molecule has 6 rings (SSSR count). The molecule has 1 aliphatic heterocycles. The van der Waals surface area contributed by atoms with Gasteiger partial charge in [0.1, 0.15) is 35.5 Å². The minimum absolute atomic E-state index is 0.00225. The largest absolute Gasteiger partial charge is 0.497 e. The minimum Gasteiger partial charge on any atom is -0.497 e. The van der Waals surface area contributed by atoms with Crippen LogP contribution in [0.25, 0.3) is 11.2 Å². The first kappa shape index (κ1) is 34.3. The zero-order valence-corrected chi connectivity index (χ0v) is 28.4. The topological polar surface area (TPSA) is 156 Å². The number of H-pyrrole nitrogens is 1. The van der Waals surface area contributed by atoms with Gasteiger partial charge in [0, 0.05) is 19.3 Å². The molecule has 0 saturated carbocycles. The van der Waals surface area contributed by atoms with E-state index in [9.17, 15) is 14.4 Å². The van der Waals surface area contributed by atoms with Gasteiger partial charge in [-0.25, -0.2) is 4.98 Å². The molecule has 0 unspecified atom stereocenters. The number of benzene rings is 3. The highest BCUT2D eigenvalue weighted by atomic mass is 16.6. The lowest BCUT2D eigenvalue weighted by molar-refractivity contribution is -0.153. The molecular formula is C37H39N5O8. The van der Waals surface area contributed by atoms with Gasteiger partial charge in [-0.05, 0) is 41.0 Å². The Morgan fingerprint density at radius 3 is 2.12 bits per heavy atom. The second-order valence-electron chi connectivity index (χ2n) is 12.2. The third-order valence-electron chi connectivity index (χ3n) is 8.64. The number of amides is 1. The van der Waals surface area contributed by atoms with Crippen LogP contribution >= 0.6 is 0 Å². The van der Waals surface area contributed by atoms with Crippen molar-refractivity contribution in [1.29, 1.82) is 0 Å². The van der Waals surface area contributed by atoms with Crippen molar-refractivity contribution in [2.75, 3.05) is 26.1 Å². The molecule has 3 aromatic carbocycles. The molecule has 13 heteroatoms. The van der Waals surface area contributed by atoms with Gasteiger partial charge in [-0.3, -0.25) is 29.3 Å². The molecule has 0 bridgehead atoms. The summed E-state index contributed by atoms with van der Waals surface area (Å²) >= 11 is 0. The highest BCUT2D eigenvalue weighted by molar-refractivity contribution is 5.91. The number of fused-ring (bicyclic) bond motifs is 1. The van der Waals surface area contributed by atoms with Gasteiger partial charge in [-0.2, -0.15) is 4.98 Å². The molecule has 3 heterocycles. The van der Waals surface area contributed by atoms with Gasteiger partial charge >= 0.3 is 5.97 Å². The summed E-state index contributed by atoms with van der Waals surface area (Å²) in [6.07, 6.45) is -0.498. The van der Waals surface area contributed by atoms with Gasteiger partial charge in [0.05, 0.1) is 27.2 Å². The molecule has 260 valence electrons. The zero-order valence-electron chi connectivity index (χ0n) is 28.4. The van der Waals surface area contributed by atoms with E-state index >= 15 is 0 Å². The summed E-state index contributed by atoms with van der Waals surface area (Å²) in [6.45, 7) is 4.80. The van der Waals surface area contributed by atoms with Gasteiger partial charge in [-0.15, -0.1) is 0 Å². The van der Waals surface area contributed by atoms with Gasteiger partial charge in [0.25, 0.3) is 5.56 Å². The lowest BCUT2D eigenvalue weighted by Crippen LogP contribution is -2.39. The van der Waals surface area contributed by atoms with Crippen LogP contribution < -0.4 is 20.3 Å². The Balaban J connectivity index is 1.38. The number of nitrogens with zero attached hydrogens (tertiary/aromatic N) is 3. The maximum atomic E-state index is 12.9. The van der Waals surface area contributed by atoms with Crippen LogP contribution in [0.5, 0.6) is 11.5 Å². The van der Waals surface area contributed by atoms with Crippen molar-refractivity contribution in [3.63, 3.8) is 0 Å². The zero-order chi connectivity index (χ0) is 35.4. The van der Waals surface area contributed by atoms with Crippen LogP contribution in [-0.4, -0.2) is 64.4 Å². The Morgan fingerprint density at radius 2 is 1.56 bits per heavy atom. The molecule has 0 aliphatic carbocycles. The van der Waals surface area contributed by atoms with E-state index in [1.54, 1.807) is 32.6 Å². The number of aromatic amines is 1. The predicted molar refractivity (Wildman–Crippen MR) is 184 cm³/mol. The van der Waals surface area contributed by atoms with Crippen molar-refractivity contribution in [3.05, 3.63) is 112 Å². The Hall–Kier alpha value is -5.53. The van der Waals surface area contributed by atoms with Crippen molar-refractivity contribution in [3.8, 4) is 11.5 Å². The number of nitrogens with one attached hydrogen (secondary N) is 2. The highest BCUT2D eigenvalue weighted by Gasteiger charge is 2.44. The molecule has 1 saturated heterocycles. The molecule has 50 heavy (non-hydrogen) atoms. The number of hydrogen-bond acceptors (Lipinski definition) is 10. The maximum Gasteiger partial charge on any atom is 0.302 e.